The average Bonchev–Trinajstić information content (AvgIpc) is 2.48. The predicted octanol–water partition coefficient (Wildman–Crippen LogP) is 2.70. The number of thioether (sulfide) groups is 1. The molecular formula is C15H18N2OS. The zero-order valence-corrected chi connectivity index (χ0v) is 11.7. The lowest BCUT2D eigenvalue weighted by Crippen LogP contribution is -2.35. The molecule has 1 heterocycles. The molecule has 1 aliphatic rings. The molecule has 0 aliphatic carbocycles. The molecule has 0 radical (unpaired) electrons. The number of nitriles is 1. The summed E-state index contributed by atoms with van der Waals surface area (Å²) in [7, 11) is 0. The molecule has 2 atom stereocenters. The van der Waals surface area contributed by atoms with Gasteiger partial charge in [0.25, 0.3) is 0 Å². The zero-order chi connectivity index (χ0) is 13.5. The Morgan fingerprint density at radius 2 is 2.21 bits per heavy atom. The molecule has 1 aromatic rings. The van der Waals surface area contributed by atoms with E-state index >= 15 is 0 Å². The van der Waals surface area contributed by atoms with E-state index < -0.39 is 5.92 Å². The zero-order valence-electron chi connectivity index (χ0n) is 10.8. The number of amides is 1. The maximum absolute atomic E-state index is 12.1. The first-order valence-electron chi connectivity index (χ1n) is 6.65. The number of carbonyl (C=O) groups is 1. The highest BCUT2D eigenvalue weighted by atomic mass is 32.2. The Hall–Kier alpha value is -1.47. The fourth-order valence-corrected chi connectivity index (χ4v) is 3.45. The molecule has 1 N–H and O–H groups in total. The normalized spacial score (nSPS) is 20.3. The van der Waals surface area contributed by atoms with E-state index in [4.69, 9.17) is 0 Å². The third kappa shape index (κ3) is 4.00. The van der Waals surface area contributed by atoms with Crippen LogP contribution in [0.15, 0.2) is 30.3 Å². The topological polar surface area (TPSA) is 52.9 Å². The summed E-state index contributed by atoms with van der Waals surface area (Å²) < 4.78 is 0. The van der Waals surface area contributed by atoms with Crippen molar-refractivity contribution in [2.45, 2.75) is 30.4 Å². The van der Waals surface area contributed by atoms with Crippen LogP contribution >= 0.6 is 11.8 Å². The highest BCUT2D eigenvalue weighted by Crippen LogP contribution is 2.24. The van der Waals surface area contributed by atoms with Gasteiger partial charge < -0.3 is 5.32 Å². The summed E-state index contributed by atoms with van der Waals surface area (Å²) in [4.78, 5) is 12.1. The van der Waals surface area contributed by atoms with Crippen LogP contribution in [0.3, 0.4) is 0 Å². The molecule has 19 heavy (non-hydrogen) atoms. The van der Waals surface area contributed by atoms with Gasteiger partial charge in [0, 0.05) is 11.8 Å². The Kier molecular flexibility index (Phi) is 5.29. The van der Waals surface area contributed by atoms with Crippen LogP contribution in [-0.4, -0.2) is 23.5 Å². The van der Waals surface area contributed by atoms with Gasteiger partial charge in [-0.3, -0.25) is 4.79 Å². The standard InChI is InChI=1S/C15H18N2OS/c16-10-14(12-6-2-1-3-7-12)15(18)17-11-13-8-4-5-9-19-13/h1-3,6-7,13-14H,4-5,8-9,11H2,(H,17,18). The molecule has 1 fully saturated rings. The molecule has 1 amide bonds. The molecular weight excluding hydrogens is 256 g/mol. The summed E-state index contributed by atoms with van der Waals surface area (Å²) in [5.41, 5.74) is 0.763. The molecule has 4 heteroatoms. The van der Waals surface area contributed by atoms with Crippen molar-refractivity contribution in [2.24, 2.45) is 0 Å². The van der Waals surface area contributed by atoms with Gasteiger partial charge in [-0.15, -0.1) is 0 Å². The van der Waals surface area contributed by atoms with Crippen molar-refractivity contribution >= 4 is 17.7 Å². The van der Waals surface area contributed by atoms with Crippen LogP contribution in [0.4, 0.5) is 0 Å². The Labute approximate surface area is 118 Å². The molecule has 1 aromatic carbocycles. The van der Waals surface area contributed by atoms with Gasteiger partial charge in [0.05, 0.1) is 6.07 Å². The second kappa shape index (κ2) is 7.20. The Morgan fingerprint density at radius 3 is 2.84 bits per heavy atom. The third-order valence-electron chi connectivity index (χ3n) is 3.30. The first-order chi connectivity index (χ1) is 9.31. The largest absolute Gasteiger partial charge is 0.354 e. The molecule has 3 nitrogen and oxygen atoms in total. The van der Waals surface area contributed by atoms with Crippen LogP contribution in [0, 0.1) is 11.3 Å². The summed E-state index contributed by atoms with van der Waals surface area (Å²) in [5.74, 6) is 0.302. The van der Waals surface area contributed by atoms with E-state index in [9.17, 15) is 10.1 Å². The second-order valence-electron chi connectivity index (χ2n) is 4.71. The number of nitrogens with one attached hydrogen (secondary N) is 1. The lowest BCUT2D eigenvalue weighted by molar-refractivity contribution is -0.121. The van der Waals surface area contributed by atoms with Gasteiger partial charge in [-0.05, 0) is 24.2 Å². The van der Waals surface area contributed by atoms with Crippen LogP contribution < -0.4 is 5.32 Å². The first-order valence-corrected chi connectivity index (χ1v) is 7.70. The van der Waals surface area contributed by atoms with Gasteiger partial charge >= 0.3 is 0 Å². The first kappa shape index (κ1) is 14.0. The molecule has 0 bridgehead atoms. The highest BCUT2D eigenvalue weighted by Gasteiger charge is 2.21. The van der Waals surface area contributed by atoms with E-state index in [2.05, 4.69) is 11.4 Å². The van der Waals surface area contributed by atoms with Crippen molar-refractivity contribution in [3.05, 3.63) is 35.9 Å². The van der Waals surface area contributed by atoms with E-state index in [-0.39, 0.29) is 5.91 Å². The number of hydrogen-bond donors (Lipinski definition) is 1. The number of benzene rings is 1. The number of hydrogen-bond acceptors (Lipinski definition) is 3. The van der Waals surface area contributed by atoms with E-state index in [1.807, 2.05) is 42.1 Å². The Morgan fingerprint density at radius 1 is 1.42 bits per heavy atom. The quantitative estimate of drug-likeness (QED) is 0.918. The summed E-state index contributed by atoms with van der Waals surface area (Å²) >= 11 is 1.92. The van der Waals surface area contributed by atoms with Crippen LogP contribution in [0.25, 0.3) is 0 Å². The van der Waals surface area contributed by atoms with E-state index in [1.54, 1.807) is 0 Å². The maximum Gasteiger partial charge on any atom is 0.241 e. The van der Waals surface area contributed by atoms with Crippen LogP contribution in [0.1, 0.15) is 30.7 Å². The lowest BCUT2D eigenvalue weighted by atomic mass is 10.00. The van der Waals surface area contributed by atoms with Gasteiger partial charge in [-0.25, -0.2) is 0 Å². The minimum atomic E-state index is -0.699. The van der Waals surface area contributed by atoms with Gasteiger partial charge in [0.1, 0.15) is 5.92 Å². The van der Waals surface area contributed by atoms with Crippen molar-refractivity contribution in [2.75, 3.05) is 12.3 Å². The monoisotopic (exact) mass is 274 g/mol. The minimum Gasteiger partial charge on any atom is -0.354 e. The average molecular weight is 274 g/mol. The van der Waals surface area contributed by atoms with Crippen LogP contribution in [-0.2, 0) is 4.79 Å². The van der Waals surface area contributed by atoms with E-state index in [1.165, 1.54) is 18.6 Å². The van der Waals surface area contributed by atoms with Crippen molar-refractivity contribution in [1.82, 2.24) is 5.32 Å². The highest BCUT2D eigenvalue weighted by molar-refractivity contribution is 7.99. The molecule has 0 aromatic heterocycles. The Bertz CT molecular complexity index is 449. The summed E-state index contributed by atoms with van der Waals surface area (Å²) in [6.07, 6.45) is 3.68. The second-order valence-corrected chi connectivity index (χ2v) is 6.11. The van der Waals surface area contributed by atoms with Gasteiger partial charge in [-0.2, -0.15) is 17.0 Å². The maximum atomic E-state index is 12.1. The fourth-order valence-electron chi connectivity index (χ4n) is 2.21. The smallest absolute Gasteiger partial charge is 0.241 e. The SMILES string of the molecule is N#CC(C(=O)NCC1CCCCS1)c1ccccc1. The molecule has 1 saturated heterocycles. The number of carbonyl (C=O) groups excluding carboxylic acids is 1. The van der Waals surface area contributed by atoms with E-state index in [0.717, 1.165) is 12.0 Å². The fraction of sp³-hybridized carbons (Fsp3) is 0.467. The van der Waals surface area contributed by atoms with Crippen molar-refractivity contribution < 1.29 is 4.79 Å². The molecule has 100 valence electrons. The molecule has 0 saturated carbocycles. The van der Waals surface area contributed by atoms with Gasteiger partial charge in [0.15, 0.2) is 0 Å². The van der Waals surface area contributed by atoms with Crippen LogP contribution in [0.2, 0.25) is 0 Å². The number of rotatable bonds is 4. The molecule has 2 rings (SSSR count). The predicted molar refractivity (Wildman–Crippen MR) is 77.9 cm³/mol. The molecule has 1 aliphatic heterocycles. The minimum absolute atomic E-state index is 0.181. The van der Waals surface area contributed by atoms with Crippen LogP contribution in [0.5, 0.6) is 0 Å². The summed E-state index contributed by atoms with van der Waals surface area (Å²) in [6, 6.07) is 11.3. The Balaban J connectivity index is 1.89. The lowest BCUT2D eigenvalue weighted by Gasteiger charge is -2.22. The van der Waals surface area contributed by atoms with Crippen molar-refractivity contribution in [3.63, 3.8) is 0 Å². The number of nitrogens with zero attached hydrogens (tertiary/aromatic N) is 1. The van der Waals surface area contributed by atoms with Crippen molar-refractivity contribution in [1.29, 1.82) is 5.26 Å². The molecule has 0 spiro atoms. The van der Waals surface area contributed by atoms with Gasteiger partial charge in [-0.1, -0.05) is 36.8 Å². The summed E-state index contributed by atoms with van der Waals surface area (Å²) in [6.45, 7) is 0.675. The third-order valence-corrected chi connectivity index (χ3v) is 4.70. The molecule has 2 unspecified atom stereocenters. The van der Waals surface area contributed by atoms with Gasteiger partial charge in [0.2, 0.25) is 5.91 Å². The summed E-state index contributed by atoms with van der Waals surface area (Å²) in [5, 5.41) is 12.6. The van der Waals surface area contributed by atoms with E-state index in [0.29, 0.717) is 11.8 Å². The van der Waals surface area contributed by atoms with Crippen molar-refractivity contribution in [3.8, 4) is 6.07 Å².